The van der Waals surface area contributed by atoms with E-state index in [1.54, 1.807) is 6.20 Å². The smallest absolute Gasteiger partial charge is 0.323 e. The summed E-state index contributed by atoms with van der Waals surface area (Å²) in [5, 5.41) is 0. The Kier molecular flexibility index (Phi) is 37.3. The molecule has 0 amide bonds. The molecule has 0 fully saturated rings. The van der Waals surface area contributed by atoms with Gasteiger partial charge in [-0.25, -0.2) is 4.98 Å². The summed E-state index contributed by atoms with van der Waals surface area (Å²) in [4.78, 5) is 30.7. The van der Waals surface area contributed by atoms with Crippen LogP contribution in [-0.2, 0) is 20.7 Å². The largest absolute Gasteiger partial charge is 0.462 e. The molecule has 0 radical (unpaired) electrons. The maximum atomic E-state index is 12.4. The van der Waals surface area contributed by atoms with E-state index in [1.165, 1.54) is 223 Å². The molecule has 1 atom stereocenters. The minimum atomic E-state index is -0.847. The molecular formula is C48H92N4O4. The number of aromatic nitrogens is 2. The van der Waals surface area contributed by atoms with Crippen molar-refractivity contribution >= 4 is 11.9 Å². The molecule has 0 aliphatic heterocycles. The molecule has 0 saturated heterocycles. The van der Waals surface area contributed by atoms with Crippen LogP contribution in [0.5, 0.6) is 0 Å². The van der Waals surface area contributed by atoms with Gasteiger partial charge in [-0.2, -0.15) is 0 Å². The molecule has 1 unspecified atom stereocenters. The summed E-state index contributed by atoms with van der Waals surface area (Å²) in [6.07, 6.45) is 47.9. The fraction of sp³-hybridized carbons (Fsp3) is 0.896. The SMILES string of the molecule is CCCCCCCCCCCCCCCCCCN(CCCCCCCCCCCCCCCCCC)CCOCCOC(=O)C(N)Cc1cncn1C(C)=O. The highest BCUT2D eigenvalue weighted by molar-refractivity contribution is 5.78. The molecule has 56 heavy (non-hydrogen) atoms. The van der Waals surface area contributed by atoms with E-state index < -0.39 is 12.0 Å². The number of nitrogens with zero attached hydrogens (tertiary/aromatic N) is 3. The topological polar surface area (TPSA) is 99.7 Å². The number of carbonyl (C=O) groups excluding carboxylic acids is 2. The molecule has 0 aliphatic rings. The van der Waals surface area contributed by atoms with Crippen LogP contribution in [0.15, 0.2) is 12.5 Å². The zero-order valence-corrected chi connectivity index (χ0v) is 37.4. The number of hydrogen-bond acceptors (Lipinski definition) is 7. The van der Waals surface area contributed by atoms with E-state index in [2.05, 4.69) is 23.7 Å². The van der Waals surface area contributed by atoms with E-state index in [9.17, 15) is 9.59 Å². The third-order valence-electron chi connectivity index (χ3n) is 11.5. The summed E-state index contributed by atoms with van der Waals surface area (Å²) in [6.45, 7) is 10.4. The van der Waals surface area contributed by atoms with Gasteiger partial charge in [-0.3, -0.25) is 14.2 Å². The van der Waals surface area contributed by atoms with Gasteiger partial charge in [0, 0.05) is 31.8 Å². The van der Waals surface area contributed by atoms with Gasteiger partial charge in [0.2, 0.25) is 5.91 Å². The predicted octanol–water partition coefficient (Wildman–Crippen LogP) is 12.8. The third-order valence-corrected chi connectivity index (χ3v) is 11.5. The first-order valence-electron chi connectivity index (χ1n) is 24.2. The molecule has 0 bridgehead atoms. The number of imidazole rings is 1. The second kappa shape index (κ2) is 40.0. The summed E-state index contributed by atoms with van der Waals surface area (Å²) in [7, 11) is 0. The lowest BCUT2D eigenvalue weighted by Gasteiger charge is -2.22. The molecule has 0 saturated carbocycles. The number of nitrogens with two attached hydrogens (primary N) is 1. The van der Waals surface area contributed by atoms with Crippen molar-refractivity contribution in [1.82, 2.24) is 14.5 Å². The first-order valence-corrected chi connectivity index (χ1v) is 24.2. The molecule has 1 heterocycles. The van der Waals surface area contributed by atoms with Gasteiger partial charge in [0.1, 0.15) is 19.0 Å². The molecule has 328 valence electrons. The van der Waals surface area contributed by atoms with Gasteiger partial charge in [0.15, 0.2) is 0 Å². The highest BCUT2D eigenvalue weighted by Gasteiger charge is 2.19. The lowest BCUT2D eigenvalue weighted by Crippen LogP contribution is -2.36. The molecule has 8 nitrogen and oxygen atoms in total. The van der Waals surface area contributed by atoms with Crippen LogP contribution >= 0.6 is 0 Å². The first kappa shape index (κ1) is 52.2. The number of esters is 1. The summed E-state index contributed by atoms with van der Waals surface area (Å²) in [6, 6.07) is -0.847. The minimum Gasteiger partial charge on any atom is -0.462 e. The predicted molar refractivity (Wildman–Crippen MR) is 238 cm³/mol. The Balaban J connectivity index is 2.20. The van der Waals surface area contributed by atoms with Crippen LogP contribution in [-0.4, -0.2) is 71.8 Å². The maximum absolute atomic E-state index is 12.4. The monoisotopic (exact) mass is 789 g/mol. The van der Waals surface area contributed by atoms with Crippen LogP contribution in [0.2, 0.25) is 0 Å². The van der Waals surface area contributed by atoms with E-state index in [4.69, 9.17) is 15.2 Å². The number of rotatable bonds is 43. The Morgan fingerprint density at radius 1 is 0.571 bits per heavy atom. The number of hydrogen-bond donors (Lipinski definition) is 1. The summed E-state index contributed by atoms with van der Waals surface area (Å²) < 4.78 is 12.7. The second-order valence-electron chi connectivity index (χ2n) is 16.8. The van der Waals surface area contributed by atoms with Gasteiger partial charge >= 0.3 is 5.97 Å². The number of ether oxygens (including phenoxy) is 2. The lowest BCUT2D eigenvalue weighted by atomic mass is 10.0. The zero-order chi connectivity index (χ0) is 40.6. The average Bonchev–Trinajstić information content (AvgIpc) is 3.66. The van der Waals surface area contributed by atoms with Crippen molar-refractivity contribution in [3.8, 4) is 0 Å². The fourth-order valence-electron chi connectivity index (χ4n) is 7.77. The Morgan fingerprint density at radius 3 is 1.32 bits per heavy atom. The molecule has 2 N–H and O–H groups in total. The van der Waals surface area contributed by atoms with Crippen molar-refractivity contribution in [2.45, 2.75) is 239 Å². The Bertz CT molecular complexity index is 966. The van der Waals surface area contributed by atoms with Crippen LogP contribution in [0.4, 0.5) is 0 Å². The van der Waals surface area contributed by atoms with Crippen molar-refractivity contribution in [1.29, 1.82) is 0 Å². The number of unbranched alkanes of at least 4 members (excludes halogenated alkanes) is 30. The van der Waals surface area contributed by atoms with Crippen LogP contribution in [0.25, 0.3) is 0 Å². The quantitative estimate of drug-likeness (QED) is 0.0519. The highest BCUT2D eigenvalue weighted by atomic mass is 16.6. The standard InChI is InChI=1S/C48H92N4O4/c1-4-6-8-10-12-14-16-18-20-22-24-26-28-30-32-34-36-51(37-35-33-31-29-27-25-23-21-19-17-15-13-11-9-7-5-2)38-39-55-40-41-56-48(54)47(49)42-46-43-50-44-52(46)45(3)53/h43-44,47H,4-42,49H2,1-3H3. The van der Waals surface area contributed by atoms with Crippen LogP contribution < -0.4 is 5.73 Å². The molecule has 0 spiro atoms. The van der Waals surface area contributed by atoms with Crippen molar-refractivity contribution in [3.05, 3.63) is 18.2 Å². The van der Waals surface area contributed by atoms with E-state index in [0.29, 0.717) is 18.9 Å². The molecule has 0 aliphatic carbocycles. The molecule has 1 rings (SSSR count). The molecule has 1 aromatic rings. The van der Waals surface area contributed by atoms with E-state index in [-0.39, 0.29) is 18.9 Å². The minimum absolute atomic E-state index is 0.162. The Morgan fingerprint density at radius 2 is 0.946 bits per heavy atom. The molecule has 8 heteroatoms. The lowest BCUT2D eigenvalue weighted by molar-refractivity contribution is -0.146. The fourth-order valence-corrected chi connectivity index (χ4v) is 7.77. The van der Waals surface area contributed by atoms with Crippen LogP contribution in [0, 0.1) is 0 Å². The van der Waals surface area contributed by atoms with Crippen molar-refractivity contribution < 1.29 is 19.1 Å². The van der Waals surface area contributed by atoms with Gasteiger partial charge in [-0.05, 0) is 25.9 Å². The van der Waals surface area contributed by atoms with Gasteiger partial charge in [-0.15, -0.1) is 0 Å². The Labute approximate surface area is 346 Å². The average molecular weight is 789 g/mol. The van der Waals surface area contributed by atoms with Crippen molar-refractivity contribution in [2.75, 3.05) is 39.5 Å². The zero-order valence-electron chi connectivity index (χ0n) is 37.4. The van der Waals surface area contributed by atoms with E-state index >= 15 is 0 Å². The van der Waals surface area contributed by atoms with E-state index in [0.717, 1.165) is 19.6 Å². The summed E-state index contributed by atoms with van der Waals surface area (Å²) >= 11 is 0. The molecule has 1 aromatic heterocycles. The van der Waals surface area contributed by atoms with Crippen molar-refractivity contribution in [2.24, 2.45) is 5.73 Å². The highest BCUT2D eigenvalue weighted by Crippen LogP contribution is 2.16. The Hall–Kier alpha value is -1.77. The van der Waals surface area contributed by atoms with Crippen LogP contribution in [0.1, 0.15) is 237 Å². The molecule has 0 aromatic carbocycles. The van der Waals surface area contributed by atoms with Gasteiger partial charge in [-0.1, -0.05) is 206 Å². The van der Waals surface area contributed by atoms with E-state index in [1.807, 2.05) is 0 Å². The van der Waals surface area contributed by atoms with Gasteiger partial charge in [0.25, 0.3) is 0 Å². The summed E-state index contributed by atoms with van der Waals surface area (Å²) in [5.41, 5.74) is 6.65. The maximum Gasteiger partial charge on any atom is 0.323 e. The second-order valence-corrected chi connectivity index (χ2v) is 16.8. The molecular weight excluding hydrogens is 697 g/mol. The third kappa shape index (κ3) is 32.2. The van der Waals surface area contributed by atoms with Crippen LogP contribution in [0.3, 0.4) is 0 Å². The first-order chi connectivity index (χ1) is 27.5. The van der Waals surface area contributed by atoms with Gasteiger partial charge in [0.05, 0.1) is 13.2 Å². The van der Waals surface area contributed by atoms with Crippen molar-refractivity contribution in [3.63, 3.8) is 0 Å². The normalized spacial score (nSPS) is 12.2. The number of carbonyl (C=O) groups is 2. The van der Waals surface area contributed by atoms with Gasteiger partial charge < -0.3 is 20.1 Å². The summed E-state index contributed by atoms with van der Waals surface area (Å²) in [5.74, 6) is -0.649.